The minimum atomic E-state index is -0.747. The minimum Gasteiger partial charge on any atom is -0.336 e. The quantitative estimate of drug-likeness (QED) is 0.828. The van der Waals surface area contributed by atoms with E-state index in [-0.39, 0.29) is 11.4 Å². The first-order chi connectivity index (χ1) is 11.3. The zero-order valence-corrected chi connectivity index (χ0v) is 15.6. The Morgan fingerprint density at radius 2 is 1.88 bits per heavy atom. The fourth-order valence-electron chi connectivity index (χ4n) is 4.04. The Kier molecular flexibility index (Phi) is 6.28. The van der Waals surface area contributed by atoms with Crippen LogP contribution >= 0.6 is 0 Å². The Morgan fingerprint density at radius 1 is 1.29 bits per heavy atom. The molecule has 0 aromatic carbocycles. The van der Waals surface area contributed by atoms with E-state index in [0.29, 0.717) is 18.8 Å². The topological polar surface area (TPSA) is 82.2 Å². The van der Waals surface area contributed by atoms with Gasteiger partial charge >= 0.3 is 0 Å². The Morgan fingerprint density at radius 3 is 2.38 bits per heavy atom. The number of hydrogen-bond acceptors (Lipinski definition) is 4. The van der Waals surface area contributed by atoms with Gasteiger partial charge in [-0.15, -0.1) is 0 Å². The van der Waals surface area contributed by atoms with Crippen LogP contribution in [0.15, 0.2) is 0 Å². The van der Waals surface area contributed by atoms with Crippen LogP contribution in [0.4, 0.5) is 0 Å². The van der Waals surface area contributed by atoms with E-state index in [1.54, 1.807) is 0 Å². The molecule has 0 spiro atoms. The number of nitrogens with two attached hydrogens (primary N) is 1. The van der Waals surface area contributed by atoms with Gasteiger partial charge in [0.25, 0.3) is 0 Å². The molecule has 0 radical (unpaired) electrons. The molecule has 1 unspecified atom stereocenters. The number of carbonyl (C=O) groups is 1. The maximum absolute atomic E-state index is 12.5. The van der Waals surface area contributed by atoms with Gasteiger partial charge in [-0.3, -0.25) is 9.69 Å². The van der Waals surface area contributed by atoms with E-state index >= 15 is 0 Å². The third kappa shape index (κ3) is 4.94. The van der Waals surface area contributed by atoms with E-state index < -0.39 is 11.6 Å². The van der Waals surface area contributed by atoms with Crippen LogP contribution in [0, 0.1) is 17.2 Å². The summed E-state index contributed by atoms with van der Waals surface area (Å²) in [6, 6.07) is 1.88. The molecule has 1 amide bonds. The van der Waals surface area contributed by atoms with Crippen molar-refractivity contribution < 1.29 is 4.79 Å². The molecule has 1 heterocycles. The molecule has 5 heteroatoms. The number of nitrogens with one attached hydrogen (secondary N) is 1. The molecule has 1 saturated heterocycles. The van der Waals surface area contributed by atoms with Crippen LogP contribution in [0.5, 0.6) is 0 Å². The second-order valence-electron chi connectivity index (χ2n) is 8.69. The van der Waals surface area contributed by atoms with Gasteiger partial charge in [-0.1, -0.05) is 32.1 Å². The minimum absolute atomic E-state index is 0.100. The molecule has 2 rings (SSSR count). The molecule has 0 aromatic heterocycles. The molecule has 0 bridgehead atoms. The van der Waals surface area contributed by atoms with Gasteiger partial charge in [0.1, 0.15) is 5.54 Å². The smallest absolute Gasteiger partial charge is 0.238 e. The normalized spacial score (nSPS) is 24.1. The van der Waals surface area contributed by atoms with Crippen LogP contribution in [-0.4, -0.2) is 41.0 Å². The predicted octanol–water partition coefficient (Wildman–Crippen LogP) is 2.56. The van der Waals surface area contributed by atoms with Gasteiger partial charge in [-0.05, 0) is 46.0 Å². The summed E-state index contributed by atoms with van der Waals surface area (Å²) >= 11 is 0. The second kappa shape index (κ2) is 7.84. The van der Waals surface area contributed by atoms with E-state index in [1.165, 1.54) is 32.1 Å². The number of hydrogen-bond donors (Lipinski definition) is 2. The molecule has 3 N–H and O–H groups in total. The Hall–Kier alpha value is -1.12. The predicted molar refractivity (Wildman–Crippen MR) is 96.2 cm³/mol. The van der Waals surface area contributed by atoms with Crippen molar-refractivity contribution in [1.29, 1.82) is 5.26 Å². The first kappa shape index (κ1) is 19.2. The summed E-state index contributed by atoms with van der Waals surface area (Å²) in [4.78, 5) is 14.9. The Bertz CT molecular complexity index is 463. The lowest BCUT2D eigenvalue weighted by Crippen LogP contribution is -2.60. The van der Waals surface area contributed by atoms with Crippen LogP contribution in [0.3, 0.4) is 0 Å². The molecular formula is C19H34N4O. The molecule has 1 aliphatic carbocycles. The lowest BCUT2D eigenvalue weighted by molar-refractivity contribution is -0.124. The first-order valence-corrected chi connectivity index (χ1v) is 9.50. The van der Waals surface area contributed by atoms with Crippen molar-refractivity contribution >= 4 is 5.91 Å². The summed E-state index contributed by atoms with van der Waals surface area (Å²) in [7, 11) is 0. The highest BCUT2D eigenvalue weighted by molar-refractivity contribution is 5.82. The van der Waals surface area contributed by atoms with E-state index in [4.69, 9.17) is 5.73 Å². The third-order valence-corrected chi connectivity index (χ3v) is 5.79. The molecule has 136 valence electrons. The molecule has 1 saturated carbocycles. The highest BCUT2D eigenvalue weighted by Gasteiger charge is 2.39. The van der Waals surface area contributed by atoms with Gasteiger partial charge in [0.15, 0.2) is 0 Å². The highest BCUT2D eigenvalue weighted by Crippen LogP contribution is 2.29. The van der Waals surface area contributed by atoms with Crippen molar-refractivity contribution in [3.05, 3.63) is 0 Å². The van der Waals surface area contributed by atoms with Gasteiger partial charge in [0, 0.05) is 18.6 Å². The highest BCUT2D eigenvalue weighted by atomic mass is 16.2. The lowest BCUT2D eigenvalue weighted by atomic mass is 9.84. The number of rotatable bonds is 4. The molecule has 24 heavy (non-hydrogen) atoms. The van der Waals surface area contributed by atoms with Gasteiger partial charge in [-0.25, -0.2) is 0 Å². The van der Waals surface area contributed by atoms with Gasteiger partial charge in [-0.2, -0.15) is 5.26 Å². The molecule has 5 nitrogen and oxygen atoms in total. The summed E-state index contributed by atoms with van der Waals surface area (Å²) in [6.45, 7) is 8.21. The zero-order valence-electron chi connectivity index (χ0n) is 15.6. The van der Waals surface area contributed by atoms with Crippen LogP contribution in [0.1, 0.15) is 72.1 Å². The van der Waals surface area contributed by atoms with Crippen LogP contribution in [0.25, 0.3) is 0 Å². The Labute approximate surface area is 147 Å². The van der Waals surface area contributed by atoms with Gasteiger partial charge in [0.2, 0.25) is 5.91 Å². The summed E-state index contributed by atoms with van der Waals surface area (Å²) in [5.74, 6) is 0.423. The number of piperidine rings is 1. The van der Waals surface area contributed by atoms with Crippen LogP contribution in [0.2, 0.25) is 0 Å². The summed E-state index contributed by atoms with van der Waals surface area (Å²) < 4.78 is 0. The molecule has 1 atom stereocenters. The number of carbonyl (C=O) groups excluding carboxylic acids is 1. The van der Waals surface area contributed by atoms with Crippen molar-refractivity contribution in [1.82, 2.24) is 10.2 Å². The summed E-state index contributed by atoms with van der Waals surface area (Å²) in [6.07, 6.45) is 8.27. The number of amides is 1. The van der Waals surface area contributed by atoms with Crippen molar-refractivity contribution in [2.45, 2.75) is 89.3 Å². The average molecular weight is 335 g/mol. The number of nitrogens with zero attached hydrogens (tertiary/aromatic N) is 2. The van der Waals surface area contributed by atoms with Crippen molar-refractivity contribution in [3.8, 4) is 6.07 Å². The fraction of sp³-hybridized carbons (Fsp3) is 0.895. The van der Waals surface area contributed by atoms with E-state index in [9.17, 15) is 10.1 Å². The van der Waals surface area contributed by atoms with Gasteiger partial charge in [0.05, 0.1) is 12.1 Å². The van der Waals surface area contributed by atoms with E-state index in [2.05, 4.69) is 37.1 Å². The summed E-state index contributed by atoms with van der Waals surface area (Å²) in [5.41, 5.74) is 5.50. The van der Waals surface area contributed by atoms with Crippen molar-refractivity contribution in [3.63, 3.8) is 0 Å². The summed E-state index contributed by atoms with van der Waals surface area (Å²) in [5, 5.41) is 12.7. The average Bonchev–Trinajstić information content (AvgIpc) is 2.55. The molecule has 2 fully saturated rings. The third-order valence-electron chi connectivity index (χ3n) is 5.79. The fourth-order valence-corrected chi connectivity index (χ4v) is 4.04. The SMILES string of the molecule is CC(C)(C)N1CCC(C#N)(NC(=O)C(N)CC2CCCCC2)CC1. The van der Waals surface area contributed by atoms with Crippen molar-refractivity contribution in [2.24, 2.45) is 11.7 Å². The maximum Gasteiger partial charge on any atom is 0.238 e. The van der Waals surface area contributed by atoms with E-state index in [0.717, 1.165) is 19.5 Å². The largest absolute Gasteiger partial charge is 0.336 e. The number of nitriles is 1. The first-order valence-electron chi connectivity index (χ1n) is 9.50. The molecular weight excluding hydrogens is 300 g/mol. The van der Waals surface area contributed by atoms with Crippen LogP contribution in [-0.2, 0) is 4.79 Å². The monoisotopic (exact) mass is 334 g/mol. The Balaban J connectivity index is 1.88. The molecule has 0 aromatic rings. The number of likely N-dealkylation sites (tertiary alicyclic amines) is 1. The maximum atomic E-state index is 12.5. The standard InChI is InChI=1S/C19H34N4O/c1-18(2,3)23-11-9-19(14-20,10-12-23)22-17(24)16(21)13-15-7-5-4-6-8-15/h15-16H,4-13,21H2,1-3H3,(H,22,24). The zero-order chi connectivity index (χ0) is 17.8. The van der Waals surface area contributed by atoms with Crippen molar-refractivity contribution in [2.75, 3.05) is 13.1 Å². The van der Waals surface area contributed by atoms with Crippen LogP contribution < -0.4 is 11.1 Å². The lowest BCUT2D eigenvalue weighted by Gasteiger charge is -2.44. The molecule has 1 aliphatic heterocycles. The van der Waals surface area contributed by atoms with E-state index in [1.807, 2.05) is 0 Å². The molecule has 2 aliphatic rings. The second-order valence-corrected chi connectivity index (χ2v) is 8.69. The van der Waals surface area contributed by atoms with Gasteiger partial charge < -0.3 is 11.1 Å².